The zero-order valence-electron chi connectivity index (χ0n) is 10.8. The minimum Gasteiger partial charge on any atom is -0.506 e. The van der Waals surface area contributed by atoms with Gasteiger partial charge < -0.3 is 5.11 Å². The third kappa shape index (κ3) is 2.34. The van der Waals surface area contributed by atoms with Crippen molar-refractivity contribution in [3.63, 3.8) is 0 Å². The van der Waals surface area contributed by atoms with Gasteiger partial charge in [-0.25, -0.2) is 0 Å². The smallest absolute Gasteiger partial charge is 0.234 e. The molecule has 0 atom stereocenters. The van der Waals surface area contributed by atoms with E-state index in [9.17, 15) is 5.11 Å². The second-order valence-electron chi connectivity index (χ2n) is 5.07. The lowest BCUT2D eigenvalue weighted by Gasteiger charge is -2.22. The number of hydrogen-bond acceptors (Lipinski definition) is 5. The van der Waals surface area contributed by atoms with Crippen LogP contribution in [0.1, 0.15) is 31.0 Å². The molecule has 0 saturated heterocycles. The zero-order valence-corrected chi connectivity index (χ0v) is 15.9. The number of nitrogens with zero attached hydrogens (tertiary/aromatic N) is 4. The van der Waals surface area contributed by atoms with Gasteiger partial charge in [-0.1, -0.05) is 17.8 Å². The molecule has 1 fully saturated rings. The second kappa shape index (κ2) is 5.30. The Morgan fingerprint density at radius 3 is 2.76 bits per heavy atom. The quantitative estimate of drug-likeness (QED) is 0.515. The predicted octanol–water partition coefficient (Wildman–Crippen LogP) is 4.04. The molecule has 4 rings (SSSR count). The molecule has 0 aliphatic heterocycles. The van der Waals surface area contributed by atoms with Gasteiger partial charge in [0.2, 0.25) is 4.96 Å². The van der Waals surface area contributed by atoms with E-state index < -0.39 is 0 Å². The van der Waals surface area contributed by atoms with Crippen LogP contribution in [0, 0.1) is 7.14 Å². The van der Waals surface area contributed by atoms with Crippen molar-refractivity contribution in [1.29, 1.82) is 0 Å². The van der Waals surface area contributed by atoms with Crippen molar-refractivity contribution < 1.29 is 5.11 Å². The van der Waals surface area contributed by atoms with Gasteiger partial charge in [0.25, 0.3) is 0 Å². The van der Waals surface area contributed by atoms with Crippen LogP contribution in [0.3, 0.4) is 0 Å². The minimum absolute atomic E-state index is 0.283. The topological polar surface area (TPSA) is 63.3 Å². The van der Waals surface area contributed by atoms with Gasteiger partial charge in [-0.2, -0.15) is 9.61 Å². The number of halogens is 2. The Morgan fingerprint density at radius 1 is 1.24 bits per heavy atom. The molecule has 2 aromatic heterocycles. The molecule has 5 nitrogen and oxygen atoms in total. The molecule has 1 N–H and O–H groups in total. The van der Waals surface area contributed by atoms with Gasteiger partial charge >= 0.3 is 0 Å². The molecule has 0 bridgehead atoms. The Balaban J connectivity index is 1.86. The fourth-order valence-corrected chi connectivity index (χ4v) is 5.10. The van der Waals surface area contributed by atoms with Crippen molar-refractivity contribution in [2.75, 3.05) is 0 Å². The largest absolute Gasteiger partial charge is 0.506 e. The van der Waals surface area contributed by atoms with Crippen LogP contribution >= 0.6 is 56.5 Å². The average Bonchev–Trinajstić information content (AvgIpc) is 2.94. The first kappa shape index (κ1) is 14.1. The molecule has 1 aliphatic rings. The van der Waals surface area contributed by atoms with Crippen molar-refractivity contribution in [2.24, 2.45) is 0 Å². The number of phenolic OH excluding ortho intramolecular Hbond substituents is 1. The first-order valence-electron chi connectivity index (χ1n) is 6.54. The summed E-state index contributed by atoms with van der Waals surface area (Å²) < 4.78 is 3.75. The monoisotopic (exact) mass is 524 g/mol. The van der Waals surface area contributed by atoms with E-state index in [-0.39, 0.29) is 5.75 Å². The van der Waals surface area contributed by atoms with Crippen LogP contribution in [-0.2, 0) is 0 Å². The van der Waals surface area contributed by atoms with Gasteiger partial charge in [0.15, 0.2) is 10.8 Å². The average molecular weight is 524 g/mol. The highest BCUT2D eigenvalue weighted by Crippen LogP contribution is 2.39. The van der Waals surface area contributed by atoms with E-state index in [2.05, 4.69) is 60.5 Å². The molecular formula is C13H10I2N4OS. The molecule has 3 aromatic rings. The Bertz CT molecular complexity index is 840. The normalized spacial score (nSPS) is 15.5. The summed E-state index contributed by atoms with van der Waals surface area (Å²) in [7, 11) is 0. The third-order valence-corrected chi connectivity index (χ3v) is 6.12. The van der Waals surface area contributed by atoms with Crippen molar-refractivity contribution in [2.45, 2.75) is 25.2 Å². The summed E-state index contributed by atoms with van der Waals surface area (Å²) in [6.45, 7) is 0. The van der Waals surface area contributed by atoms with Gasteiger partial charge in [-0.15, -0.1) is 10.2 Å². The van der Waals surface area contributed by atoms with Crippen LogP contribution < -0.4 is 0 Å². The van der Waals surface area contributed by atoms with E-state index in [1.807, 2.05) is 16.6 Å². The lowest BCUT2D eigenvalue weighted by molar-refractivity contribution is 0.395. The molecule has 2 heterocycles. The number of benzene rings is 1. The summed E-state index contributed by atoms with van der Waals surface area (Å²) in [5.74, 6) is 1.73. The van der Waals surface area contributed by atoms with Gasteiger partial charge in [0, 0.05) is 9.49 Å². The number of fused-ring (bicyclic) bond motifs is 1. The number of hydrogen-bond donors (Lipinski definition) is 1. The van der Waals surface area contributed by atoms with Crippen LogP contribution in [0.2, 0.25) is 0 Å². The summed E-state index contributed by atoms with van der Waals surface area (Å²) in [6, 6.07) is 3.90. The van der Waals surface area contributed by atoms with Crippen LogP contribution in [0.5, 0.6) is 5.75 Å². The summed E-state index contributed by atoms with van der Waals surface area (Å²) in [4.78, 5) is 0.792. The Morgan fingerprint density at radius 2 is 2.05 bits per heavy atom. The first-order valence-corrected chi connectivity index (χ1v) is 9.51. The van der Waals surface area contributed by atoms with Crippen molar-refractivity contribution in [1.82, 2.24) is 19.8 Å². The minimum atomic E-state index is 0.283. The molecule has 21 heavy (non-hydrogen) atoms. The predicted molar refractivity (Wildman–Crippen MR) is 97.8 cm³/mol. The standard InChI is InChI=1S/C13H10I2N4OS/c14-7-4-8(10(20)9(15)5-7)12-18-19-11(6-2-1-3-6)16-17-13(19)21-12/h4-6,20H,1-3H2. The summed E-state index contributed by atoms with van der Waals surface area (Å²) in [5, 5.41) is 24.2. The Hall–Kier alpha value is -0.490. The van der Waals surface area contributed by atoms with E-state index in [0.717, 1.165) is 28.5 Å². The molecule has 108 valence electrons. The van der Waals surface area contributed by atoms with E-state index in [1.165, 1.54) is 30.6 Å². The number of aromatic nitrogens is 4. The lowest BCUT2D eigenvalue weighted by Crippen LogP contribution is -2.13. The SMILES string of the molecule is Oc1c(I)cc(I)cc1-c1nn2c(C3CCC3)nnc2s1. The molecule has 1 aliphatic carbocycles. The van der Waals surface area contributed by atoms with Crippen LogP contribution in [0.15, 0.2) is 12.1 Å². The van der Waals surface area contributed by atoms with E-state index in [4.69, 9.17) is 0 Å². The van der Waals surface area contributed by atoms with Gasteiger partial charge in [-0.3, -0.25) is 0 Å². The fourth-order valence-electron chi connectivity index (χ4n) is 2.39. The molecular weight excluding hydrogens is 514 g/mol. The van der Waals surface area contributed by atoms with Crippen molar-refractivity contribution >= 4 is 61.5 Å². The summed E-state index contributed by atoms with van der Waals surface area (Å²) in [6.07, 6.45) is 3.59. The zero-order chi connectivity index (χ0) is 14.6. The highest BCUT2D eigenvalue weighted by atomic mass is 127. The summed E-state index contributed by atoms with van der Waals surface area (Å²) in [5.41, 5.74) is 0.765. The molecule has 1 saturated carbocycles. The highest BCUT2D eigenvalue weighted by Gasteiger charge is 2.26. The van der Waals surface area contributed by atoms with Gasteiger partial charge in [-0.05, 0) is 70.2 Å². The highest BCUT2D eigenvalue weighted by molar-refractivity contribution is 14.1. The van der Waals surface area contributed by atoms with Crippen molar-refractivity contribution in [3.8, 4) is 16.3 Å². The fraction of sp³-hybridized carbons (Fsp3) is 0.308. The van der Waals surface area contributed by atoms with Gasteiger partial charge in [0.05, 0.1) is 9.13 Å². The molecule has 8 heteroatoms. The Labute approximate surface area is 152 Å². The number of aromatic hydroxyl groups is 1. The lowest BCUT2D eigenvalue weighted by atomic mass is 9.85. The van der Waals surface area contributed by atoms with E-state index >= 15 is 0 Å². The molecule has 0 radical (unpaired) electrons. The van der Waals surface area contributed by atoms with Crippen LogP contribution in [0.4, 0.5) is 0 Å². The summed E-state index contributed by atoms with van der Waals surface area (Å²) >= 11 is 5.86. The third-order valence-electron chi connectivity index (χ3n) is 3.74. The second-order valence-corrected chi connectivity index (χ2v) is 8.44. The molecule has 0 spiro atoms. The maximum absolute atomic E-state index is 10.3. The van der Waals surface area contributed by atoms with Crippen LogP contribution in [0.25, 0.3) is 15.5 Å². The number of phenols is 1. The Kier molecular flexibility index (Phi) is 3.57. The molecule has 1 aromatic carbocycles. The van der Waals surface area contributed by atoms with Gasteiger partial charge in [0.1, 0.15) is 5.75 Å². The van der Waals surface area contributed by atoms with E-state index in [0.29, 0.717) is 5.92 Å². The van der Waals surface area contributed by atoms with E-state index in [1.54, 1.807) is 0 Å². The maximum atomic E-state index is 10.3. The maximum Gasteiger partial charge on any atom is 0.234 e. The number of rotatable bonds is 2. The van der Waals surface area contributed by atoms with Crippen LogP contribution in [-0.4, -0.2) is 24.9 Å². The van der Waals surface area contributed by atoms with Crippen molar-refractivity contribution in [3.05, 3.63) is 25.1 Å². The first-order chi connectivity index (χ1) is 10.1. The molecule has 0 amide bonds. The molecule has 0 unspecified atom stereocenters.